The van der Waals surface area contributed by atoms with Crippen molar-refractivity contribution in [2.75, 3.05) is 11.9 Å². The van der Waals surface area contributed by atoms with Gasteiger partial charge in [-0.1, -0.05) is 24.3 Å². The van der Waals surface area contributed by atoms with E-state index in [1.165, 1.54) is 16.0 Å². The molecule has 0 saturated heterocycles. The second-order valence-corrected chi connectivity index (χ2v) is 6.49. The fourth-order valence-electron chi connectivity index (χ4n) is 2.48. The van der Waals surface area contributed by atoms with Crippen LogP contribution in [0.5, 0.6) is 0 Å². The molecule has 134 valence electrons. The Morgan fingerprint density at radius 1 is 1.15 bits per heavy atom. The molecule has 2 heterocycles. The Hall–Kier alpha value is -3.13. The summed E-state index contributed by atoms with van der Waals surface area (Å²) >= 11 is 1.23. The molecule has 0 aliphatic rings. The number of rotatable bonds is 5. The Morgan fingerprint density at radius 2 is 1.88 bits per heavy atom. The summed E-state index contributed by atoms with van der Waals surface area (Å²) in [4.78, 5) is 37.0. The van der Waals surface area contributed by atoms with Gasteiger partial charge in [-0.3, -0.25) is 14.3 Å². The molecule has 0 aliphatic heterocycles. The average molecular weight is 371 g/mol. The van der Waals surface area contributed by atoms with E-state index >= 15 is 0 Å². The maximum absolute atomic E-state index is 12.7. The van der Waals surface area contributed by atoms with E-state index in [2.05, 4.69) is 5.32 Å². The maximum Gasteiger partial charge on any atom is 0.348 e. The molecular weight excluding hydrogens is 354 g/mol. The van der Waals surface area contributed by atoms with Gasteiger partial charge >= 0.3 is 5.97 Å². The van der Waals surface area contributed by atoms with Crippen LogP contribution in [0.15, 0.2) is 52.6 Å². The summed E-state index contributed by atoms with van der Waals surface area (Å²) in [6.07, 6.45) is 0. The van der Waals surface area contributed by atoms with Crippen LogP contribution in [0, 0.1) is 6.92 Å². The third kappa shape index (κ3) is 3.45. The van der Waals surface area contributed by atoms with Crippen LogP contribution in [-0.2, 0) is 16.6 Å². The first-order chi connectivity index (χ1) is 12.5. The van der Waals surface area contributed by atoms with Crippen LogP contribution in [0.1, 0.15) is 15.4 Å². The topological polar surface area (TPSA) is 82.3 Å². The summed E-state index contributed by atoms with van der Waals surface area (Å²) < 4.78 is 8.08. The number of carbonyl (C=O) groups is 2. The van der Waals surface area contributed by atoms with Gasteiger partial charge < -0.3 is 10.1 Å². The lowest BCUT2D eigenvalue weighted by molar-refractivity contribution is -0.119. The zero-order valence-electron chi connectivity index (χ0n) is 14.3. The van der Waals surface area contributed by atoms with Gasteiger partial charge in [0.05, 0.1) is 11.4 Å². The summed E-state index contributed by atoms with van der Waals surface area (Å²) in [6.45, 7) is 1.27. The van der Waals surface area contributed by atoms with Gasteiger partial charge in [-0.05, 0) is 30.5 Å². The lowest BCUT2D eigenvalue weighted by Crippen LogP contribution is -2.25. The highest BCUT2D eigenvalue weighted by atomic mass is 32.1. The number of nitrogens with one attached hydrogen (secondary N) is 1. The zero-order chi connectivity index (χ0) is 18.7. The summed E-state index contributed by atoms with van der Waals surface area (Å²) in [5.74, 6) is -1.14. The number of thiophene rings is 1. The van der Waals surface area contributed by atoms with E-state index in [0.29, 0.717) is 16.3 Å². The Labute approximate surface area is 153 Å². The van der Waals surface area contributed by atoms with Crippen molar-refractivity contribution in [2.24, 2.45) is 7.05 Å². The quantitative estimate of drug-likeness (QED) is 0.698. The van der Waals surface area contributed by atoms with E-state index in [4.69, 9.17) is 4.74 Å². The number of anilines is 1. The molecule has 7 nitrogen and oxygen atoms in total. The molecule has 3 rings (SSSR count). The molecule has 2 aromatic heterocycles. The van der Waals surface area contributed by atoms with Crippen LogP contribution in [0.25, 0.3) is 5.69 Å². The number of para-hydroxylation sites is 1. The van der Waals surface area contributed by atoms with E-state index in [9.17, 15) is 14.4 Å². The molecular formula is C18H17N3O4S. The van der Waals surface area contributed by atoms with Crippen LogP contribution in [0.4, 0.5) is 5.69 Å². The maximum atomic E-state index is 12.7. The van der Waals surface area contributed by atoms with Crippen LogP contribution >= 0.6 is 11.3 Å². The standard InChI is InChI=1S/C18H17N3O4S/c1-12-16(17(23)21(20(12)2)13-7-4-3-5-8-13)19-15(22)11-25-18(24)14-9-6-10-26-14/h3-10H,11H2,1-2H3,(H,19,22). The summed E-state index contributed by atoms with van der Waals surface area (Å²) in [6, 6.07) is 12.4. The third-order valence-corrected chi connectivity index (χ3v) is 4.73. The van der Waals surface area contributed by atoms with Crippen molar-refractivity contribution in [1.82, 2.24) is 9.36 Å². The van der Waals surface area contributed by atoms with Crippen LogP contribution in [-0.4, -0.2) is 27.8 Å². The summed E-state index contributed by atoms with van der Waals surface area (Å²) in [5.41, 5.74) is 1.09. The predicted molar refractivity (Wildman–Crippen MR) is 99.0 cm³/mol. The van der Waals surface area contributed by atoms with Gasteiger partial charge in [0.25, 0.3) is 11.5 Å². The van der Waals surface area contributed by atoms with Crippen LogP contribution < -0.4 is 10.9 Å². The minimum atomic E-state index is -0.569. The fraction of sp³-hybridized carbons (Fsp3) is 0.167. The lowest BCUT2D eigenvalue weighted by Gasteiger charge is -2.07. The van der Waals surface area contributed by atoms with E-state index < -0.39 is 18.5 Å². The van der Waals surface area contributed by atoms with Gasteiger partial charge in [0, 0.05) is 7.05 Å². The molecule has 3 aromatic rings. The molecule has 1 N–H and O–H groups in total. The van der Waals surface area contributed by atoms with Crippen molar-refractivity contribution in [2.45, 2.75) is 6.92 Å². The fourth-order valence-corrected chi connectivity index (χ4v) is 3.10. The monoisotopic (exact) mass is 371 g/mol. The SMILES string of the molecule is Cc1c(NC(=O)COC(=O)c2cccs2)c(=O)n(-c2ccccc2)n1C. The molecule has 0 spiro atoms. The second kappa shape index (κ2) is 7.40. The zero-order valence-corrected chi connectivity index (χ0v) is 15.1. The Balaban J connectivity index is 1.75. The number of carbonyl (C=O) groups excluding carboxylic acids is 2. The predicted octanol–water partition coefficient (Wildman–Crippen LogP) is 2.34. The van der Waals surface area contributed by atoms with Crippen molar-refractivity contribution >= 4 is 28.9 Å². The molecule has 26 heavy (non-hydrogen) atoms. The second-order valence-electron chi connectivity index (χ2n) is 5.54. The van der Waals surface area contributed by atoms with Crippen molar-refractivity contribution in [3.63, 3.8) is 0 Å². The van der Waals surface area contributed by atoms with Gasteiger partial charge in [-0.2, -0.15) is 0 Å². The molecule has 8 heteroatoms. The highest BCUT2D eigenvalue weighted by Crippen LogP contribution is 2.14. The van der Waals surface area contributed by atoms with Gasteiger partial charge in [0.2, 0.25) is 0 Å². The van der Waals surface area contributed by atoms with E-state index in [1.54, 1.807) is 48.3 Å². The first kappa shape index (κ1) is 17.7. The third-order valence-electron chi connectivity index (χ3n) is 3.88. The Morgan fingerprint density at radius 3 is 2.54 bits per heavy atom. The number of esters is 1. The van der Waals surface area contributed by atoms with Crippen LogP contribution in [0.2, 0.25) is 0 Å². The number of ether oxygens (including phenoxy) is 1. The number of nitrogens with zero attached hydrogens (tertiary/aromatic N) is 2. The molecule has 0 atom stereocenters. The molecule has 0 bridgehead atoms. The number of amides is 1. The minimum Gasteiger partial charge on any atom is -0.451 e. The van der Waals surface area contributed by atoms with E-state index in [0.717, 1.165) is 0 Å². The average Bonchev–Trinajstić information content (AvgIpc) is 3.25. The van der Waals surface area contributed by atoms with Crippen molar-refractivity contribution in [3.05, 3.63) is 68.8 Å². The number of aromatic nitrogens is 2. The molecule has 1 amide bonds. The summed E-state index contributed by atoms with van der Waals surface area (Å²) in [5, 5.41) is 4.29. The van der Waals surface area contributed by atoms with Gasteiger partial charge in [0.15, 0.2) is 6.61 Å². The first-order valence-electron chi connectivity index (χ1n) is 7.83. The minimum absolute atomic E-state index is 0.161. The first-order valence-corrected chi connectivity index (χ1v) is 8.71. The molecule has 0 saturated carbocycles. The molecule has 0 radical (unpaired) electrons. The molecule has 1 aromatic carbocycles. The molecule has 0 fully saturated rings. The van der Waals surface area contributed by atoms with E-state index in [1.807, 2.05) is 18.2 Å². The van der Waals surface area contributed by atoms with Gasteiger partial charge in [0.1, 0.15) is 10.6 Å². The molecule has 0 aliphatic carbocycles. The van der Waals surface area contributed by atoms with Crippen molar-refractivity contribution in [1.29, 1.82) is 0 Å². The largest absolute Gasteiger partial charge is 0.451 e. The molecule has 0 unspecified atom stereocenters. The van der Waals surface area contributed by atoms with Crippen molar-refractivity contribution in [3.8, 4) is 5.69 Å². The highest BCUT2D eigenvalue weighted by Gasteiger charge is 2.19. The van der Waals surface area contributed by atoms with Gasteiger partial charge in [-0.25, -0.2) is 9.48 Å². The number of hydrogen-bond acceptors (Lipinski definition) is 5. The summed E-state index contributed by atoms with van der Waals surface area (Å²) in [7, 11) is 1.73. The lowest BCUT2D eigenvalue weighted by atomic mass is 10.3. The number of benzene rings is 1. The Bertz CT molecular complexity index is 988. The smallest absolute Gasteiger partial charge is 0.348 e. The highest BCUT2D eigenvalue weighted by molar-refractivity contribution is 7.11. The number of hydrogen-bond donors (Lipinski definition) is 1. The normalized spacial score (nSPS) is 10.5. The Kier molecular flexibility index (Phi) is 5.04. The van der Waals surface area contributed by atoms with E-state index in [-0.39, 0.29) is 11.2 Å². The van der Waals surface area contributed by atoms with Crippen molar-refractivity contribution < 1.29 is 14.3 Å². The van der Waals surface area contributed by atoms with Crippen LogP contribution in [0.3, 0.4) is 0 Å². The van der Waals surface area contributed by atoms with Gasteiger partial charge in [-0.15, -0.1) is 11.3 Å².